The summed E-state index contributed by atoms with van der Waals surface area (Å²) in [6.45, 7) is 3.65. The molecule has 0 aromatic heterocycles. The number of hydrogen-bond donors (Lipinski definition) is 1. The van der Waals surface area contributed by atoms with Gasteiger partial charge in [0.15, 0.2) is 0 Å². The molecule has 8 aromatic rings. The first-order valence-corrected chi connectivity index (χ1v) is 25.4. The zero-order valence-electron chi connectivity index (χ0n) is 44.0. The van der Waals surface area contributed by atoms with Crippen LogP contribution in [0.3, 0.4) is 0 Å². The normalized spacial score (nSPS) is 12.3. The van der Waals surface area contributed by atoms with Crippen molar-refractivity contribution < 1.29 is 71.6 Å². The van der Waals surface area contributed by atoms with Crippen LogP contribution in [0.15, 0.2) is 218 Å². The van der Waals surface area contributed by atoms with Gasteiger partial charge in [-0.25, -0.2) is 33.8 Å². The van der Waals surface area contributed by atoms with Gasteiger partial charge < -0.3 is 29.0 Å². The molecule has 10 rings (SSSR count). The first kappa shape index (κ1) is 56.1. The molecule has 0 bridgehead atoms. The lowest BCUT2D eigenvalue weighted by atomic mass is 10.1. The van der Waals surface area contributed by atoms with Crippen molar-refractivity contribution in [2.24, 2.45) is 0 Å². The van der Waals surface area contributed by atoms with Crippen LogP contribution in [-0.2, 0) is 24.0 Å². The minimum atomic E-state index is -0.726. The fraction of sp³-hybridized carbons (Fsp3) is 0.0462. The molecule has 0 aliphatic carbocycles. The van der Waals surface area contributed by atoms with E-state index in [0.717, 1.165) is 26.5 Å². The summed E-state index contributed by atoms with van der Waals surface area (Å²) >= 11 is 0. The van der Waals surface area contributed by atoms with E-state index in [2.05, 4.69) is 5.32 Å². The second kappa shape index (κ2) is 25.4. The van der Waals surface area contributed by atoms with E-state index in [9.17, 15) is 47.9 Å². The van der Waals surface area contributed by atoms with Gasteiger partial charge in [0.05, 0.1) is 39.2 Å². The average molecular weight is 1110 g/mol. The summed E-state index contributed by atoms with van der Waals surface area (Å²) in [6.07, 6.45) is 5.06. The number of ether oxygens (including phenoxy) is 5. The Morgan fingerprint density at radius 1 is 0.361 bits per heavy atom. The summed E-state index contributed by atoms with van der Waals surface area (Å²) in [7, 11) is 0. The number of hydrogen-bond acceptors (Lipinski definition) is 15. The van der Waals surface area contributed by atoms with E-state index < -0.39 is 53.5 Å². The van der Waals surface area contributed by atoms with E-state index in [4.69, 9.17) is 23.7 Å². The lowest BCUT2D eigenvalue weighted by Gasteiger charge is -2.14. The van der Waals surface area contributed by atoms with Gasteiger partial charge in [0.2, 0.25) is 5.91 Å². The van der Waals surface area contributed by atoms with Crippen molar-refractivity contribution in [2.45, 2.75) is 20.3 Å². The Hall–Kier alpha value is -11.7. The molecule has 1 N–H and O–H groups in total. The third-order valence-corrected chi connectivity index (χ3v) is 12.3. The molecule has 83 heavy (non-hydrogen) atoms. The van der Waals surface area contributed by atoms with Crippen LogP contribution in [0.4, 0.5) is 17.1 Å². The molecule has 0 atom stereocenters. The van der Waals surface area contributed by atoms with Crippen LogP contribution in [0.5, 0.6) is 28.7 Å². The highest BCUT2D eigenvalue weighted by atomic mass is 16.6. The first-order chi connectivity index (χ1) is 40.1. The highest BCUT2D eigenvalue weighted by Crippen LogP contribution is 2.28. The highest BCUT2D eigenvalue weighted by Gasteiger charge is 2.27. The van der Waals surface area contributed by atoms with Crippen molar-refractivity contribution in [1.29, 1.82) is 0 Å². The Kier molecular flexibility index (Phi) is 17.2. The Morgan fingerprint density at radius 2 is 0.663 bits per heavy atom. The Morgan fingerprint density at radius 3 is 1.00 bits per heavy atom. The van der Waals surface area contributed by atoms with Gasteiger partial charge in [0, 0.05) is 36.4 Å². The number of carbonyl (C=O) groups is 10. The molecule has 18 heteroatoms. The van der Waals surface area contributed by atoms with Crippen molar-refractivity contribution >= 4 is 76.4 Å². The van der Waals surface area contributed by atoms with Crippen molar-refractivity contribution in [2.75, 3.05) is 15.1 Å². The smallest absolute Gasteiger partial charge is 0.343 e. The van der Waals surface area contributed by atoms with Crippen LogP contribution in [0.25, 0.3) is 11.1 Å². The summed E-state index contributed by atoms with van der Waals surface area (Å²) in [5.41, 5.74) is 5.22. The quantitative estimate of drug-likeness (QED) is 0.0571. The number of amides is 5. The number of imide groups is 2. The van der Waals surface area contributed by atoms with Gasteiger partial charge in [0.1, 0.15) is 28.7 Å². The minimum absolute atomic E-state index is 0.106. The van der Waals surface area contributed by atoms with E-state index in [1.54, 1.807) is 55.5 Å². The highest BCUT2D eigenvalue weighted by molar-refractivity contribution is 6.29. The Balaban J connectivity index is 0.000000202. The summed E-state index contributed by atoms with van der Waals surface area (Å²) in [4.78, 5) is 124. The monoisotopic (exact) mass is 1110 g/mol. The Labute approximate surface area is 473 Å². The van der Waals surface area contributed by atoms with Crippen LogP contribution in [0.1, 0.15) is 70.7 Å². The number of nitrogens with zero attached hydrogens (tertiary/aromatic N) is 2. The summed E-state index contributed by atoms with van der Waals surface area (Å²) in [5.74, 6) is -3.60. The number of nitrogens with one attached hydrogen (secondary N) is 1. The SMILES string of the molecule is CCC(=O)Nc1ccc(OC(=O)c2cccc(C(=O)Oc3ccc(OC(=O)c4ccc(N5C(=O)C=CC5=O)cc4)cc3)c2)cc1.Cc1cccc(C(=O)Oc2ccc(-c3ccc(OC(=O)c4ccc(N5C(=O)C=CC5=O)cc4)cc3)cc2)c1. The molecule has 0 fully saturated rings. The fourth-order valence-electron chi connectivity index (χ4n) is 8.04. The lowest BCUT2D eigenvalue weighted by Crippen LogP contribution is -2.29. The van der Waals surface area contributed by atoms with Crippen LogP contribution in [0, 0.1) is 6.92 Å². The van der Waals surface area contributed by atoms with Gasteiger partial charge in [-0.3, -0.25) is 24.0 Å². The number of anilines is 3. The topological polar surface area (TPSA) is 235 Å². The third kappa shape index (κ3) is 14.2. The van der Waals surface area contributed by atoms with Gasteiger partial charge in [-0.05, 0) is 170 Å². The van der Waals surface area contributed by atoms with Gasteiger partial charge in [-0.1, -0.05) is 55.0 Å². The van der Waals surface area contributed by atoms with Crippen molar-refractivity contribution in [3.8, 4) is 39.9 Å². The van der Waals surface area contributed by atoms with Crippen LogP contribution < -0.4 is 38.8 Å². The molecule has 410 valence electrons. The molecular weight excluding hydrogens is 1060 g/mol. The second-order valence-electron chi connectivity index (χ2n) is 18.1. The maximum absolute atomic E-state index is 12.8. The molecular formula is C65H45N3O15. The molecule has 2 heterocycles. The van der Waals surface area contributed by atoms with Crippen LogP contribution in [-0.4, -0.2) is 59.4 Å². The standard InChI is InChI=1S/C34H24N2O9.C31H21NO6/c1-2-29(37)35-24-8-12-26(13-9-24)44-33(41)22-4-3-5-23(20-22)34(42)45-28-16-14-27(15-17-28)43-32(40)21-6-10-25(11-7-21)36-30(38)18-19-31(36)39;1-20-3-2-4-24(19-20)31(36)38-27-15-9-22(10-16-27)21-7-13-26(14-8-21)37-30(35)23-5-11-25(12-6-23)32-28(33)17-18-29(32)34/h3-20H,2H2,1H3,(H,35,37);2-19H,1H3. The van der Waals surface area contributed by atoms with E-state index in [1.807, 2.05) is 43.3 Å². The molecule has 2 aliphatic rings. The van der Waals surface area contributed by atoms with Gasteiger partial charge >= 0.3 is 29.8 Å². The Bertz CT molecular complexity index is 3870. The second-order valence-corrected chi connectivity index (χ2v) is 18.1. The van der Waals surface area contributed by atoms with Crippen molar-refractivity contribution in [3.63, 3.8) is 0 Å². The van der Waals surface area contributed by atoms with Crippen LogP contribution in [0.2, 0.25) is 0 Å². The average Bonchev–Trinajstić information content (AvgIpc) is 4.26. The molecule has 0 saturated carbocycles. The molecule has 18 nitrogen and oxygen atoms in total. The molecule has 8 aromatic carbocycles. The summed E-state index contributed by atoms with van der Waals surface area (Å²) in [6, 6.07) is 51.0. The van der Waals surface area contributed by atoms with E-state index >= 15 is 0 Å². The third-order valence-electron chi connectivity index (χ3n) is 12.3. The maximum Gasteiger partial charge on any atom is 0.343 e. The number of esters is 5. The molecule has 0 unspecified atom stereocenters. The number of benzene rings is 8. The van der Waals surface area contributed by atoms with Gasteiger partial charge in [0.25, 0.3) is 23.6 Å². The van der Waals surface area contributed by atoms with Crippen LogP contribution >= 0.6 is 0 Å². The van der Waals surface area contributed by atoms with Crippen molar-refractivity contribution in [1.82, 2.24) is 0 Å². The summed E-state index contributed by atoms with van der Waals surface area (Å²) in [5, 5.41) is 2.70. The molecule has 2 aliphatic heterocycles. The fourth-order valence-corrected chi connectivity index (χ4v) is 8.04. The lowest BCUT2D eigenvalue weighted by molar-refractivity contribution is -0.121. The largest absolute Gasteiger partial charge is 0.423 e. The number of rotatable bonds is 15. The molecule has 0 radical (unpaired) electrons. The molecule has 0 spiro atoms. The van der Waals surface area contributed by atoms with Gasteiger partial charge in [-0.2, -0.15) is 0 Å². The zero-order chi connectivity index (χ0) is 58.6. The first-order valence-electron chi connectivity index (χ1n) is 25.4. The van der Waals surface area contributed by atoms with E-state index in [1.165, 1.54) is 133 Å². The molecule has 5 amide bonds. The maximum atomic E-state index is 12.8. The predicted molar refractivity (Wildman–Crippen MR) is 302 cm³/mol. The van der Waals surface area contributed by atoms with Gasteiger partial charge in [-0.15, -0.1) is 0 Å². The minimum Gasteiger partial charge on any atom is -0.423 e. The van der Waals surface area contributed by atoms with Crippen molar-refractivity contribution in [3.05, 3.63) is 252 Å². The zero-order valence-corrected chi connectivity index (χ0v) is 44.0. The van der Waals surface area contributed by atoms with E-state index in [0.29, 0.717) is 40.5 Å². The van der Waals surface area contributed by atoms with E-state index in [-0.39, 0.29) is 45.4 Å². The number of aryl methyl sites for hydroxylation is 1. The number of carbonyl (C=O) groups excluding carboxylic acids is 10. The predicted octanol–water partition coefficient (Wildman–Crippen LogP) is 10.7. The summed E-state index contributed by atoms with van der Waals surface area (Å²) < 4.78 is 27.1. The molecule has 0 saturated heterocycles.